The van der Waals surface area contributed by atoms with E-state index in [4.69, 9.17) is 5.53 Å². The molecule has 1 saturated carbocycles. The lowest BCUT2D eigenvalue weighted by Crippen LogP contribution is -2.15. The Morgan fingerprint density at radius 1 is 1.45 bits per heavy atom. The smallest absolute Gasteiger partial charge is 0.141 e. The zero-order chi connectivity index (χ0) is 8.10. The number of azide groups is 1. The highest BCUT2D eigenvalue weighted by molar-refractivity contribution is 5.84. The molecule has 1 unspecified atom stereocenters. The minimum absolute atomic E-state index is 0.111. The van der Waals surface area contributed by atoms with Gasteiger partial charge in [-0.3, -0.25) is 4.79 Å². The fourth-order valence-electron chi connectivity index (χ4n) is 1.33. The molecule has 1 aliphatic rings. The van der Waals surface area contributed by atoms with Gasteiger partial charge in [0.15, 0.2) is 0 Å². The summed E-state index contributed by atoms with van der Waals surface area (Å²) in [6.45, 7) is 0. The third-order valence-electron chi connectivity index (χ3n) is 1.96. The molecular weight excluding hydrogens is 142 g/mol. The Labute approximate surface area is 65.2 Å². The maximum Gasteiger partial charge on any atom is 0.141 e. The second-order valence-corrected chi connectivity index (χ2v) is 2.79. The third kappa shape index (κ3) is 2.24. The van der Waals surface area contributed by atoms with Gasteiger partial charge in [0, 0.05) is 11.3 Å². The molecule has 1 fully saturated rings. The Hall–Kier alpha value is -1.02. The summed E-state index contributed by atoms with van der Waals surface area (Å²) in [5.41, 5.74) is 8.13. The van der Waals surface area contributed by atoms with E-state index in [1.165, 1.54) is 0 Å². The van der Waals surface area contributed by atoms with Crippen molar-refractivity contribution in [2.75, 3.05) is 0 Å². The Morgan fingerprint density at radius 3 is 3.00 bits per heavy atom. The van der Waals surface area contributed by atoms with E-state index in [2.05, 4.69) is 10.0 Å². The molecule has 0 aromatic carbocycles. The molecule has 4 nitrogen and oxygen atoms in total. The molecule has 0 bridgehead atoms. The summed E-state index contributed by atoms with van der Waals surface area (Å²) in [7, 11) is 0. The van der Waals surface area contributed by atoms with Crippen LogP contribution in [0.3, 0.4) is 0 Å². The van der Waals surface area contributed by atoms with Gasteiger partial charge in [0.1, 0.15) is 5.78 Å². The first-order valence-corrected chi connectivity index (χ1v) is 3.91. The van der Waals surface area contributed by atoms with Crippen LogP contribution in [0.1, 0.15) is 32.1 Å². The predicted molar refractivity (Wildman–Crippen MR) is 41.0 cm³/mol. The molecule has 0 aliphatic heterocycles. The molecule has 0 amide bonds. The van der Waals surface area contributed by atoms with E-state index in [-0.39, 0.29) is 11.8 Å². The van der Waals surface area contributed by atoms with E-state index >= 15 is 0 Å². The van der Waals surface area contributed by atoms with E-state index in [1.807, 2.05) is 0 Å². The largest absolute Gasteiger partial charge is 0.299 e. The fraction of sp³-hybridized carbons (Fsp3) is 0.857. The van der Waals surface area contributed by atoms with Crippen LogP contribution in [-0.4, -0.2) is 11.8 Å². The Kier molecular flexibility index (Phi) is 2.93. The van der Waals surface area contributed by atoms with Crippen LogP contribution in [0.4, 0.5) is 0 Å². The maximum atomic E-state index is 11.1. The molecule has 0 aromatic heterocycles. The highest BCUT2D eigenvalue weighted by Crippen LogP contribution is 2.16. The normalized spacial score (nSPS) is 25.5. The van der Waals surface area contributed by atoms with Crippen LogP contribution in [-0.2, 0) is 4.79 Å². The van der Waals surface area contributed by atoms with Crippen molar-refractivity contribution in [3.8, 4) is 0 Å². The predicted octanol–water partition coefficient (Wildman–Crippen LogP) is 2.20. The number of carbonyl (C=O) groups excluding carboxylic acids is 1. The summed E-state index contributed by atoms with van der Waals surface area (Å²) >= 11 is 0. The summed E-state index contributed by atoms with van der Waals surface area (Å²) in [5.74, 6) is 0.111. The molecule has 11 heavy (non-hydrogen) atoms. The minimum Gasteiger partial charge on any atom is -0.299 e. The lowest BCUT2D eigenvalue weighted by Gasteiger charge is -2.02. The van der Waals surface area contributed by atoms with E-state index in [1.54, 1.807) is 0 Å². The monoisotopic (exact) mass is 153 g/mol. The van der Waals surface area contributed by atoms with E-state index in [9.17, 15) is 4.79 Å². The van der Waals surface area contributed by atoms with Crippen molar-refractivity contribution in [3.63, 3.8) is 0 Å². The summed E-state index contributed by atoms with van der Waals surface area (Å²) in [5, 5.41) is 3.46. The third-order valence-corrected chi connectivity index (χ3v) is 1.96. The molecule has 0 heterocycles. The Morgan fingerprint density at radius 2 is 2.27 bits per heavy atom. The highest BCUT2D eigenvalue weighted by atomic mass is 16.1. The van der Waals surface area contributed by atoms with Gasteiger partial charge >= 0.3 is 0 Å². The van der Waals surface area contributed by atoms with Gasteiger partial charge in [0.2, 0.25) is 0 Å². The van der Waals surface area contributed by atoms with Crippen molar-refractivity contribution in [1.29, 1.82) is 0 Å². The van der Waals surface area contributed by atoms with Gasteiger partial charge in [-0.15, -0.1) is 0 Å². The Balaban J connectivity index is 2.59. The van der Waals surface area contributed by atoms with Crippen molar-refractivity contribution in [2.45, 2.75) is 38.1 Å². The fourth-order valence-corrected chi connectivity index (χ4v) is 1.33. The van der Waals surface area contributed by atoms with Crippen molar-refractivity contribution in [2.24, 2.45) is 5.11 Å². The number of nitrogens with zero attached hydrogens (tertiary/aromatic N) is 3. The highest BCUT2D eigenvalue weighted by Gasteiger charge is 2.18. The van der Waals surface area contributed by atoms with Crippen molar-refractivity contribution in [1.82, 2.24) is 0 Å². The quantitative estimate of drug-likeness (QED) is 0.246. The maximum absolute atomic E-state index is 11.1. The van der Waals surface area contributed by atoms with Gasteiger partial charge in [0.25, 0.3) is 0 Å². The molecule has 0 radical (unpaired) electrons. The van der Waals surface area contributed by atoms with Crippen LogP contribution in [0, 0.1) is 0 Å². The van der Waals surface area contributed by atoms with Gasteiger partial charge in [-0.1, -0.05) is 18.0 Å². The molecule has 0 N–H and O–H groups in total. The first-order chi connectivity index (χ1) is 5.34. The molecule has 1 atom stereocenters. The van der Waals surface area contributed by atoms with Crippen molar-refractivity contribution < 1.29 is 4.79 Å². The zero-order valence-corrected chi connectivity index (χ0v) is 6.36. The number of rotatable bonds is 1. The lowest BCUT2D eigenvalue weighted by molar-refractivity contribution is -0.120. The topological polar surface area (TPSA) is 65.8 Å². The average molecular weight is 153 g/mol. The van der Waals surface area contributed by atoms with Crippen LogP contribution in [0.2, 0.25) is 0 Å². The number of hydrogen-bond donors (Lipinski definition) is 0. The van der Waals surface area contributed by atoms with Gasteiger partial charge in [0.05, 0.1) is 6.04 Å². The summed E-state index contributed by atoms with van der Waals surface area (Å²) in [6, 6.07) is -0.373. The number of carbonyl (C=O) groups is 1. The SMILES string of the molecule is [N-]=[N+]=NC1CCCCCC1=O. The molecule has 4 heteroatoms. The Bertz CT molecular complexity index is 196. The second-order valence-electron chi connectivity index (χ2n) is 2.79. The molecular formula is C7H11N3O. The van der Waals surface area contributed by atoms with Crippen molar-refractivity contribution >= 4 is 5.78 Å². The van der Waals surface area contributed by atoms with Gasteiger partial charge in [-0.25, -0.2) is 0 Å². The van der Waals surface area contributed by atoms with Crippen molar-refractivity contribution in [3.05, 3.63) is 10.4 Å². The van der Waals surface area contributed by atoms with E-state index < -0.39 is 0 Å². The van der Waals surface area contributed by atoms with Crippen LogP contribution in [0.5, 0.6) is 0 Å². The van der Waals surface area contributed by atoms with Crippen LogP contribution in [0.15, 0.2) is 5.11 Å². The average Bonchev–Trinajstić information content (AvgIpc) is 2.18. The molecule has 0 saturated heterocycles. The zero-order valence-electron chi connectivity index (χ0n) is 6.36. The van der Waals surface area contributed by atoms with Gasteiger partial charge in [-0.2, -0.15) is 0 Å². The van der Waals surface area contributed by atoms with E-state index in [0.717, 1.165) is 25.7 Å². The lowest BCUT2D eigenvalue weighted by atomic mass is 10.1. The number of Topliss-reactive ketones (excluding diaryl/α,β-unsaturated/α-hetero) is 1. The van der Waals surface area contributed by atoms with Gasteiger partial charge < -0.3 is 0 Å². The minimum atomic E-state index is -0.373. The summed E-state index contributed by atoms with van der Waals surface area (Å²) < 4.78 is 0. The van der Waals surface area contributed by atoms with Crippen LogP contribution in [0.25, 0.3) is 10.4 Å². The molecule has 60 valence electrons. The molecule has 0 aromatic rings. The molecule has 1 aliphatic carbocycles. The van der Waals surface area contributed by atoms with Crippen LogP contribution < -0.4 is 0 Å². The number of hydrogen-bond acceptors (Lipinski definition) is 2. The second kappa shape index (κ2) is 3.98. The first-order valence-electron chi connectivity index (χ1n) is 3.91. The first kappa shape index (κ1) is 8.08. The number of ketones is 1. The molecule has 0 spiro atoms. The molecule has 1 rings (SSSR count). The summed E-state index contributed by atoms with van der Waals surface area (Å²) in [6.07, 6.45) is 4.38. The summed E-state index contributed by atoms with van der Waals surface area (Å²) in [4.78, 5) is 13.8. The van der Waals surface area contributed by atoms with Crippen LogP contribution >= 0.6 is 0 Å². The standard InChI is InChI=1S/C7H11N3O/c8-10-9-6-4-2-1-3-5-7(6)11/h6H,1-5H2. The van der Waals surface area contributed by atoms with Gasteiger partial charge in [-0.05, 0) is 18.4 Å². The van der Waals surface area contributed by atoms with E-state index in [0.29, 0.717) is 6.42 Å².